The molecule has 0 aliphatic carbocycles. The predicted octanol–water partition coefficient (Wildman–Crippen LogP) is 1.59. The van der Waals surface area contributed by atoms with Gasteiger partial charge in [-0.2, -0.15) is 0 Å². The van der Waals surface area contributed by atoms with Gasteiger partial charge in [0.25, 0.3) is 5.91 Å². The lowest BCUT2D eigenvalue weighted by molar-refractivity contribution is -0.147. The van der Waals surface area contributed by atoms with E-state index in [1.54, 1.807) is 29.2 Å². The first-order valence-corrected chi connectivity index (χ1v) is 9.26. The fourth-order valence-electron chi connectivity index (χ4n) is 3.21. The van der Waals surface area contributed by atoms with Crippen LogP contribution in [-0.4, -0.2) is 63.4 Å². The molecule has 0 saturated carbocycles. The molecule has 2 aromatic rings. The van der Waals surface area contributed by atoms with Gasteiger partial charge in [-0.05, 0) is 44.5 Å². The molecule has 0 atom stereocenters. The van der Waals surface area contributed by atoms with E-state index in [4.69, 9.17) is 5.73 Å². The molecule has 0 aromatic carbocycles. The minimum Gasteiger partial charge on any atom is -0.383 e. The largest absolute Gasteiger partial charge is 0.383 e. The van der Waals surface area contributed by atoms with Crippen LogP contribution in [0.5, 0.6) is 0 Å². The van der Waals surface area contributed by atoms with E-state index in [-0.39, 0.29) is 20.4 Å². The summed E-state index contributed by atoms with van der Waals surface area (Å²) in [5.74, 6) is 0.292. The lowest BCUT2D eigenvalue weighted by atomic mass is 10.1. The van der Waals surface area contributed by atoms with Gasteiger partial charge in [0.05, 0.1) is 5.56 Å². The number of carbonyl (C=O) groups excluding carboxylic acids is 2. The number of aliphatic hydroxyl groups is 1. The maximum Gasteiger partial charge on any atom is 0.254 e. The maximum absolute atomic E-state index is 12.7. The fourth-order valence-corrected chi connectivity index (χ4v) is 3.21. The fraction of sp³-hybridized carbons (Fsp3) is 0.400. The van der Waals surface area contributed by atoms with Crippen LogP contribution in [-0.2, 0) is 4.79 Å². The number of nitrogens with two attached hydrogens (primary N) is 1. The van der Waals surface area contributed by atoms with Crippen LogP contribution >= 0.6 is 0 Å². The first kappa shape index (κ1) is 19.8. The Morgan fingerprint density at radius 2 is 1.93 bits per heavy atom. The highest BCUT2D eigenvalue weighted by molar-refractivity contribution is 6.10. The number of amides is 1. The molecule has 0 spiro atoms. The number of aromatic nitrogens is 2. The van der Waals surface area contributed by atoms with Gasteiger partial charge in [0.15, 0.2) is 0 Å². The molecule has 0 bridgehead atoms. The molecule has 3 rings (SSSR count). The van der Waals surface area contributed by atoms with Crippen molar-refractivity contribution in [2.24, 2.45) is 0 Å². The second-order valence-corrected chi connectivity index (χ2v) is 7.34. The summed E-state index contributed by atoms with van der Waals surface area (Å²) in [6.07, 6.45) is 2.28. The van der Waals surface area contributed by atoms with Gasteiger partial charge in [0.1, 0.15) is 22.9 Å². The quantitative estimate of drug-likeness (QED) is 0.766. The third kappa shape index (κ3) is 4.28. The Morgan fingerprint density at radius 3 is 2.64 bits per heavy atom. The molecule has 1 aliphatic heterocycles. The molecule has 8 heteroatoms. The minimum absolute atomic E-state index is 0. The van der Waals surface area contributed by atoms with Gasteiger partial charge in [-0.1, -0.05) is 6.07 Å². The Balaban J connectivity index is 0.00000225. The van der Waals surface area contributed by atoms with Crippen molar-refractivity contribution in [3.05, 3.63) is 47.8 Å². The number of nitrogens with zero attached hydrogens (tertiary/aromatic N) is 4. The van der Waals surface area contributed by atoms with E-state index in [1.807, 2.05) is 11.0 Å². The van der Waals surface area contributed by atoms with Gasteiger partial charge in [-0.15, -0.1) is 0 Å². The number of anilines is 2. The van der Waals surface area contributed by atoms with E-state index >= 15 is 0 Å². The van der Waals surface area contributed by atoms with Crippen molar-refractivity contribution >= 4 is 23.3 Å². The molecule has 8 nitrogen and oxygen atoms in total. The van der Waals surface area contributed by atoms with E-state index < -0.39 is 5.60 Å². The Labute approximate surface area is 167 Å². The van der Waals surface area contributed by atoms with Crippen LogP contribution in [0.2, 0.25) is 0 Å². The summed E-state index contributed by atoms with van der Waals surface area (Å²) in [5, 5.41) is 9.97. The number of pyridine rings is 2. The lowest BCUT2D eigenvalue weighted by Crippen LogP contribution is -2.46. The normalized spacial score (nSPS) is 15.2. The molecule has 152 valence electrons. The van der Waals surface area contributed by atoms with Gasteiger partial charge in [0.2, 0.25) is 5.78 Å². The topological polar surface area (TPSA) is 113 Å². The van der Waals surface area contributed by atoms with E-state index in [2.05, 4.69) is 9.97 Å². The summed E-state index contributed by atoms with van der Waals surface area (Å²) in [5.41, 5.74) is 5.05. The number of hydrogen-bond acceptors (Lipinski definition) is 7. The lowest BCUT2D eigenvalue weighted by Gasteiger charge is -2.27. The van der Waals surface area contributed by atoms with Crippen LogP contribution in [0.4, 0.5) is 11.6 Å². The van der Waals surface area contributed by atoms with Gasteiger partial charge < -0.3 is 20.6 Å². The van der Waals surface area contributed by atoms with Crippen molar-refractivity contribution < 1.29 is 17.5 Å². The number of hydrogen-bond donors (Lipinski definition) is 2. The second-order valence-electron chi connectivity index (χ2n) is 7.34. The van der Waals surface area contributed by atoms with Crippen molar-refractivity contribution in [2.45, 2.75) is 25.9 Å². The zero-order chi connectivity index (χ0) is 20.3. The van der Waals surface area contributed by atoms with Gasteiger partial charge >= 0.3 is 0 Å². The summed E-state index contributed by atoms with van der Waals surface area (Å²) < 4.78 is 0. The van der Waals surface area contributed by atoms with Gasteiger partial charge in [0, 0.05) is 35.2 Å². The van der Waals surface area contributed by atoms with Gasteiger partial charge in [-0.25, -0.2) is 9.97 Å². The summed E-state index contributed by atoms with van der Waals surface area (Å²) in [7, 11) is 0. The van der Waals surface area contributed by atoms with Crippen LogP contribution in [0, 0.1) is 0 Å². The molecular weight excluding hydrogens is 358 g/mol. The average Bonchev–Trinajstić information content (AvgIpc) is 2.93. The first-order chi connectivity index (χ1) is 13.3. The molecule has 1 fully saturated rings. The standard InChI is InChI=1S/C20H25N5O3.2H2/c1-20(2,28)19(27)25-11-5-10-24(12-13-25)16-8-3-7-15(23-16)17(26)14-6-4-9-22-18(14)21;;/h3-4,6-9,28H,5,10-13H2,1-2H3,(H2,21,22);2*1H. The molecule has 1 amide bonds. The van der Waals surface area contributed by atoms with E-state index in [9.17, 15) is 14.7 Å². The molecule has 2 aromatic heterocycles. The molecule has 0 radical (unpaired) electrons. The van der Waals surface area contributed by atoms with Crippen molar-refractivity contribution in [1.82, 2.24) is 14.9 Å². The Morgan fingerprint density at radius 1 is 1.14 bits per heavy atom. The summed E-state index contributed by atoms with van der Waals surface area (Å²) in [4.78, 5) is 37.3. The van der Waals surface area contributed by atoms with Crippen LogP contribution in [0.25, 0.3) is 0 Å². The average molecular weight is 387 g/mol. The van der Waals surface area contributed by atoms with Crippen LogP contribution in [0.3, 0.4) is 0 Å². The Hall–Kier alpha value is -3.00. The summed E-state index contributed by atoms with van der Waals surface area (Å²) >= 11 is 0. The van der Waals surface area contributed by atoms with Gasteiger partial charge in [-0.3, -0.25) is 9.59 Å². The molecule has 28 heavy (non-hydrogen) atoms. The van der Waals surface area contributed by atoms with E-state index in [0.717, 1.165) is 6.42 Å². The number of rotatable bonds is 4. The first-order valence-electron chi connectivity index (χ1n) is 9.26. The third-order valence-corrected chi connectivity index (χ3v) is 4.68. The van der Waals surface area contributed by atoms with Crippen LogP contribution in [0.15, 0.2) is 36.5 Å². The Kier molecular flexibility index (Phi) is 5.60. The zero-order valence-corrected chi connectivity index (χ0v) is 16.1. The van der Waals surface area contributed by atoms with Crippen molar-refractivity contribution in [3.63, 3.8) is 0 Å². The SMILES string of the molecule is CC(C)(O)C(=O)N1CCCN(c2cccc(C(=O)c3cccnc3N)n2)CC1.[HH].[HH]. The second kappa shape index (κ2) is 7.93. The highest BCUT2D eigenvalue weighted by Crippen LogP contribution is 2.19. The third-order valence-electron chi connectivity index (χ3n) is 4.68. The number of carbonyl (C=O) groups is 2. The summed E-state index contributed by atoms with van der Waals surface area (Å²) in [6, 6.07) is 8.57. The van der Waals surface area contributed by atoms with Crippen molar-refractivity contribution in [1.29, 1.82) is 0 Å². The Bertz CT molecular complexity index is 889. The zero-order valence-electron chi connectivity index (χ0n) is 16.1. The summed E-state index contributed by atoms with van der Waals surface area (Å²) in [6.45, 7) is 5.33. The van der Waals surface area contributed by atoms with Crippen LogP contribution in [0.1, 0.15) is 39.2 Å². The molecule has 3 N–H and O–H groups in total. The highest BCUT2D eigenvalue weighted by atomic mass is 16.3. The van der Waals surface area contributed by atoms with Crippen molar-refractivity contribution in [2.75, 3.05) is 36.8 Å². The molecule has 1 saturated heterocycles. The maximum atomic E-state index is 12.7. The number of nitrogen functional groups attached to an aromatic ring is 1. The van der Waals surface area contributed by atoms with E-state index in [1.165, 1.54) is 20.0 Å². The predicted molar refractivity (Wildman–Crippen MR) is 110 cm³/mol. The van der Waals surface area contributed by atoms with Crippen LogP contribution < -0.4 is 10.6 Å². The molecular formula is C20H29N5O3. The van der Waals surface area contributed by atoms with E-state index in [0.29, 0.717) is 43.3 Å². The monoisotopic (exact) mass is 387 g/mol. The smallest absolute Gasteiger partial charge is 0.254 e. The number of ketones is 1. The minimum atomic E-state index is -1.39. The molecule has 1 aliphatic rings. The van der Waals surface area contributed by atoms with Crippen molar-refractivity contribution in [3.8, 4) is 0 Å². The highest BCUT2D eigenvalue weighted by Gasteiger charge is 2.30. The molecule has 3 heterocycles. The molecule has 0 unspecified atom stereocenters.